The quantitative estimate of drug-likeness (QED) is 0.138. The molecule has 0 bridgehead atoms. The van der Waals surface area contributed by atoms with Crippen molar-refractivity contribution in [1.82, 2.24) is 5.32 Å². The van der Waals surface area contributed by atoms with Crippen molar-refractivity contribution in [3.05, 3.63) is 101 Å². The van der Waals surface area contributed by atoms with Crippen LogP contribution in [-0.4, -0.2) is 63.7 Å². The molecule has 1 N–H and O–H groups in total. The topological polar surface area (TPSA) is 119 Å². The van der Waals surface area contributed by atoms with Gasteiger partial charge in [-0.1, -0.05) is 114 Å². The standard InChI is InChI=1S/C40H51NO9S/c1-23(2)28-19-29(24(3)4)38(30(20-28)25(5)6)51(43,44)45-22-31(46-33-21-32(42)41-33)35-36(37-39(48-35)50-40(7,8)49-37)47-34(26-15-11-9-12-16-26)27-17-13-10-14-18-27/h9-20,23-25,31,33-37,39H,21-22H2,1-8H3,(H,41,42)/t31-,33?,35-,36+,37-,39-/m1/s1. The predicted octanol–water partition coefficient (Wildman–Crippen LogP) is 7.04. The molecule has 3 aliphatic rings. The summed E-state index contributed by atoms with van der Waals surface area (Å²) in [5, 5.41) is 2.74. The van der Waals surface area contributed by atoms with Crippen molar-refractivity contribution in [1.29, 1.82) is 0 Å². The molecule has 3 saturated heterocycles. The van der Waals surface area contributed by atoms with Gasteiger partial charge in [-0.2, -0.15) is 8.42 Å². The van der Waals surface area contributed by atoms with Gasteiger partial charge in [-0.25, -0.2) is 0 Å². The summed E-state index contributed by atoms with van der Waals surface area (Å²) in [6.07, 6.45) is -5.21. The van der Waals surface area contributed by atoms with Crippen LogP contribution in [0.2, 0.25) is 0 Å². The van der Waals surface area contributed by atoms with Crippen LogP contribution in [0.4, 0.5) is 0 Å². The fourth-order valence-corrected chi connectivity index (χ4v) is 8.54. The van der Waals surface area contributed by atoms with Gasteiger partial charge in [-0.05, 0) is 59.4 Å². The Labute approximate surface area is 302 Å². The van der Waals surface area contributed by atoms with Gasteiger partial charge in [0.1, 0.15) is 41.6 Å². The molecular weight excluding hydrogens is 671 g/mol. The summed E-state index contributed by atoms with van der Waals surface area (Å²) in [6, 6.07) is 23.6. The van der Waals surface area contributed by atoms with Gasteiger partial charge in [0.05, 0.1) is 13.0 Å². The second kappa shape index (κ2) is 15.1. The van der Waals surface area contributed by atoms with Gasteiger partial charge >= 0.3 is 0 Å². The van der Waals surface area contributed by atoms with Crippen LogP contribution in [-0.2, 0) is 42.8 Å². The normalized spacial score (nSPS) is 25.0. The van der Waals surface area contributed by atoms with Crippen LogP contribution < -0.4 is 5.32 Å². The fraction of sp³-hybridized carbons (Fsp3) is 0.525. The second-order valence-electron chi connectivity index (χ2n) is 15.0. The zero-order chi connectivity index (χ0) is 36.7. The summed E-state index contributed by atoms with van der Waals surface area (Å²) in [5.74, 6) is -1.05. The van der Waals surface area contributed by atoms with E-state index in [1.165, 1.54) is 0 Å². The van der Waals surface area contributed by atoms with E-state index in [1.54, 1.807) is 0 Å². The highest BCUT2D eigenvalue weighted by Crippen LogP contribution is 2.44. The SMILES string of the molecule is CC(C)c1cc(C(C)C)c(S(=O)(=O)OC[C@@H](OC2CC(=O)N2)[C@H]2O[C@@H]3OC(C)(C)O[C@@H]3[C@H]2OC(c2ccccc2)c2ccccc2)c(C(C)C)c1. The minimum Gasteiger partial charge on any atom is -0.360 e. The maximum absolute atomic E-state index is 14.3. The number of nitrogens with one attached hydrogen (secondary N) is 1. The molecule has 51 heavy (non-hydrogen) atoms. The summed E-state index contributed by atoms with van der Waals surface area (Å²) in [6.45, 7) is 15.4. The van der Waals surface area contributed by atoms with Crippen molar-refractivity contribution in [2.75, 3.05) is 6.61 Å². The molecule has 0 aliphatic carbocycles. The van der Waals surface area contributed by atoms with E-state index in [1.807, 2.05) is 114 Å². The number of hydrogen-bond donors (Lipinski definition) is 1. The number of β-lactam (4-membered cyclic amide) rings is 1. The molecule has 6 atom stereocenters. The molecule has 3 aromatic rings. The van der Waals surface area contributed by atoms with Crippen LogP contribution in [0.1, 0.15) is 113 Å². The zero-order valence-corrected chi connectivity index (χ0v) is 31.5. The molecule has 276 valence electrons. The molecule has 1 unspecified atom stereocenters. The minimum absolute atomic E-state index is 0.0762. The molecular formula is C40H51NO9S. The Morgan fingerprint density at radius 2 is 1.35 bits per heavy atom. The lowest BCUT2D eigenvalue weighted by Crippen LogP contribution is -2.55. The van der Waals surface area contributed by atoms with E-state index in [0.29, 0.717) is 11.1 Å². The third-order valence-electron chi connectivity index (χ3n) is 9.64. The van der Waals surface area contributed by atoms with Gasteiger partial charge in [0.2, 0.25) is 5.91 Å². The van der Waals surface area contributed by atoms with E-state index in [2.05, 4.69) is 19.2 Å². The molecule has 3 aliphatic heterocycles. The summed E-state index contributed by atoms with van der Waals surface area (Å²) in [5.41, 5.74) is 4.32. The summed E-state index contributed by atoms with van der Waals surface area (Å²) in [4.78, 5) is 12.1. The number of fused-ring (bicyclic) bond motifs is 1. The van der Waals surface area contributed by atoms with Crippen LogP contribution in [0, 0.1) is 0 Å². The van der Waals surface area contributed by atoms with Gasteiger partial charge in [-0.15, -0.1) is 0 Å². The number of carbonyl (C=O) groups excluding carboxylic acids is 1. The van der Waals surface area contributed by atoms with Crippen LogP contribution in [0.3, 0.4) is 0 Å². The van der Waals surface area contributed by atoms with Gasteiger partial charge in [0.15, 0.2) is 12.1 Å². The smallest absolute Gasteiger partial charge is 0.297 e. The first-order chi connectivity index (χ1) is 24.1. The van der Waals surface area contributed by atoms with E-state index in [0.717, 1.165) is 16.7 Å². The van der Waals surface area contributed by atoms with Crippen molar-refractivity contribution >= 4 is 16.0 Å². The zero-order valence-electron chi connectivity index (χ0n) is 30.7. The molecule has 3 fully saturated rings. The first-order valence-corrected chi connectivity index (χ1v) is 19.3. The number of ether oxygens (including phenoxy) is 5. The lowest BCUT2D eigenvalue weighted by Gasteiger charge is -2.36. The minimum atomic E-state index is -4.30. The maximum atomic E-state index is 14.3. The number of benzene rings is 3. The van der Waals surface area contributed by atoms with Gasteiger partial charge in [0, 0.05) is 0 Å². The number of amides is 1. The first-order valence-electron chi connectivity index (χ1n) is 17.9. The van der Waals surface area contributed by atoms with Gasteiger partial charge < -0.3 is 29.0 Å². The van der Waals surface area contributed by atoms with E-state index in [4.69, 9.17) is 27.9 Å². The Morgan fingerprint density at radius 1 is 0.804 bits per heavy atom. The van der Waals surface area contributed by atoms with Crippen LogP contribution in [0.25, 0.3) is 0 Å². The molecule has 0 spiro atoms. The Kier molecular flexibility index (Phi) is 11.1. The number of carbonyl (C=O) groups is 1. The van der Waals surface area contributed by atoms with Crippen LogP contribution in [0.5, 0.6) is 0 Å². The van der Waals surface area contributed by atoms with Crippen molar-refractivity contribution in [2.24, 2.45) is 0 Å². The summed E-state index contributed by atoms with van der Waals surface area (Å²) < 4.78 is 67.1. The van der Waals surface area contributed by atoms with E-state index in [9.17, 15) is 13.2 Å². The highest BCUT2D eigenvalue weighted by Gasteiger charge is 2.58. The molecule has 1 amide bonds. The van der Waals surface area contributed by atoms with Crippen molar-refractivity contribution < 1.29 is 41.1 Å². The third kappa shape index (κ3) is 8.25. The van der Waals surface area contributed by atoms with E-state index in [-0.39, 0.29) is 35.0 Å². The second-order valence-corrected chi connectivity index (χ2v) is 16.6. The molecule has 3 heterocycles. The molecule has 11 heteroatoms. The lowest BCUT2D eigenvalue weighted by molar-refractivity contribution is -0.243. The Hall–Kier alpha value is -3.16. The Balaban J connectivity index is 1.36. The molecule has 6 rings (SSSR count). The molecule has 3 aromatic carbocycles. The van der Waals surface area contributed by atoms with Crippen molar-refractivity contribution in [2.45, 2.75) is 133 Å². The average molecular weight is 722 g/mol. The number of rotatable bonds is 14. The fourth-order valence-electron chi connectivity index (χ4n) is 6.95. The Morgan fingerprint density at radius 3 is 1.84 bits per heavy atom. The molecule has 10 nitrogen and oxygen atoms in total. The number of hydrogen-bond acceptors (Lipinski definition) is 9. The van der Waals surface area contributed by atoms with E-state index >= 15 is 0 Å². The maximum Gasteiger partial charge on any atom is 0.297 e. The van der Waals surface area contributed by atoms with Gasteiger partial charge in [0.25, 0.3) is 10.1 Å². The van der Waals surface area contributed by atoms with Crippen molar-refractivity contribution in [3.8, 4) is 0 Å². The van der Waals surface area contributed by atoms with Crippen LogP contribution in [0.15, 0.2) is 77.7 Å². The van der Waals surface area contributed by atoms with E-state index < -0.39 is 65.5 Å². The monoisotopic (exact) mass is 721 g/mol. The highest BCUT2D eigenvalue weighted by molar-refractivity contribution is 7.86. The van der Waals surface area contributed by atoms with Crippen molar-refractivity contribution in [3.63, 3.8) is 0 Å². The Bertz CT molecular complexity index is 1700. The molecule has 0 saturated carbocycles. The molecule has 0 radical (unpaired) electrons. The summed E-state index contributed by atoms with van der Waals surface area (Å²) in [7, 11) is -4.30. The molecule has 0 aromatic heterocycles. The van der Waals surface area contributed by atoms with Crippen LogP contribution >= 0.6 is 0 Å². The summed E-state index contributed by atoms with van der Waals surface area (Å²) >= 11 is 0. The lowest BCUT2D eigenvalue weighted by atomic mass is 9.89. The highest BCUT2D eigenvalue weighted by atomic mass is 32.2. The predicted molar refractivity (Wildman–Crippen MR) is 192 cm³/mol. The first kappa shape index (κ1) is 37.6. The third-order valence-corrected chi connectivity index (χ3v) is 11.1. The average Bonchev–Trinajstić information content (AvgIpc) is 3.55. The van der Waals surface area contributed by atoms with Gasteiger partial charge in [-0.3, -0.25) is 8.98 Å². The largest absolute Gasteiger partial charge is 0.360 e.